The van der Waals surface area contributed by atoms with E-state index in [1.807, 2.05) is 64.1 Å². The first-order valence-electron chi connectivity index (χ1n) is 13.0. The van der Waals surface area contributed by atoms with Crippen LogP contribution in [0.3, 0.4) is 0 Å². The maximum absolute atomic E-state index is 13.1. The first kappa shape index (κ1) is 28.2. The number of carbonyl (C=O) groups is 2. The molecule has 0 bridgehead atoms. The highest BCUT2D eigenvalue weighted by molar-refractivity contribution is 5.95. The number of fused-ring (bicyclic) bond motifs is 2. The number of aliphatic hydroxyl groups is 1. The Morgan fingerprint density at radius 1 is 1.03 bits per heavy atom. The van der Waals surface area contributed by atoms with Crippen molar-refractivity contribution in [3.8, 4) is 0 Å². The first-order chi connectivity index (χ1) is 18.6. The largest absolute Gasteiger partial charge is 0.465 e. The highest BCUT2D eigenvalue weighted by atomic mass is 16.6. The summed E-state index contributed by atoms with van der Waals surface area (Å²) in [5.74, 6) is -1.02. The molecule has 0 saturated heterocycles. The Labute approximate surface area is 227 Å². The van der Waals surface area contributed by atoms with E-state index in [-0.39, 0.29) is 31.5 Å². The van der Waals surface area contributed by atoms with E-state index in [2.05, 4.69) is 10.3 Å². The number of hydrogen-bond donors (Lipinski definition) is 1. The van der Waals surface area contributed by atoms with Gasteiger partial charge in [0.05, 0.1) is 51.0 Å². The second kappa shape index (κ2) is 11.9. The summed E-state index contributed by atoms with van der Waals surface area (Å²) in [5, 5.41) is 19.5. The van der Waals surface area contributed by atoms with Crippen LogP contribution in [0, 0.1) is 6.92 Å². The molecule has 3 aromatic carbocycles. The van der Waals surface area contributed by atoms with Crippen LogP contribution in [0.1, 0.15) is 60.2 Å². The molecule has 1 atom stereocenters. The molecule has 4 aromatic rings. The summed E-state index contributed by atoms with van der Waals surface area (Å²) in [6.07, 6.45) is 0.134. The van der Waals surface area contributed by atoms with E-state index in [0.717, 1.165) is 38.5 Å². The third-order valence-electron chi connectivity index (χ3n) is 6.52. The van der Waals surface area contributed by atoms with Crippen LogP contribution in [-0.4, -0.2) is 64.6 Å². The van der Waals surface area contributed by atoms with Crippen molar-refractivity contribution in [2.24, 2.45) is 0 Å². The Hall–Kier alpha value is -3.82. The maximum atomic E-state index is 13.1. The van der Waals surface area contributed by atoms with Gasteiger partial charge >= 0.3 is 11.9 Å². The molecule has 0 fully saturated rings. The summed E-state index contributed by atoms with van der Waals surface area (Å²) in [6, 6.07) is 15.4. The lowest BCUT2D eigenvalue weighted by Gasteiger charge is -2.24. The number of aliphatic hydroxyl groups excluding tert-OH is 1. The quantitative estimate of drug-likeness (QED) is 0.233. The lowest BCUT2D eigenvalue weighted by molar-refractivity contribution is -0.155. The fourth-order valence-electron chi connectivity index (χ4n) is 4.73. The van der Waals surface area contributed by atoms with Gasteiger partial charge in [-0.1, -0.05) is 35.5 Å². The molecule has 9 heteroatoms. The molecule has 0 spiro atoms. The van der Waals surface area contributed by atoms with E-state index < -0.39 is 11.6 Å². The molecular weight excluding hydrogens is 498 g/mol. The molecular formula is C30H35N3O6. The van der Waals surface area contributed by atoms with Crippen LogP contribution in [0.15, 0.2) is 48.5 Å². The van der Waals surface area contributed by atoms with Crippen molar-refractivity contribution in [1.29, 1.82) is 0 Å². The summed E-state index contributed by atoms with van der Waals surface area (Å²) >= 11 is 0. The zero-order chi connectivity index (χ0) is 28.2. The van der Waals surface area contributed by atoms with E-state index in [1.54, 1.807) is 16.8 Å². The van der Waals surface area contributed by atoms with Crippen molar-refractivity contribution in [3.05, 3.63) is 70.8 Å². The second-order valence-electron chi connectivity index (χ2n) is 10.5. The van der Waals surface area contributed by atoms with Crippen LogP contribution < -0.4 is 0 Å². The summed E-state index contributed by atoms with van der Waals surface area (Å²) in [7, 11) is 1.36. The minimum absolute atomic E-state index is 0.0294. The summed E-state index contributed by atoms with van der Waals surface area (Å²) in [5.41, 5.74) is 4.25. The van der Waals surface area contributed by atoms with Crippen molar-refractivity contribution < 1.29 is 28.9 Å². The topological polar surface area (TPSA) is 113 Å². The van der Waals surface area contributed by atoms with Crippen molar-refractivity contribution >= 4 is 33.7 Å². The van der Waals surface area contributed by atoms with E-state index in [1.165, 1.54) is 7.11 Å². The molecule has 0 aliphatic heterocycles. The highest BCUT2D eigenvalue weighted by Gasteiger charge is 2.26. The predicted molar refractivity (Wildman–Crippen MR) is 148 cm³/mol. The zero-order valence-corrected chi connectivity index (χ0v) is 23.1. The van der Waals surface area contributed by atoms with Crippen LogP contribution in [0.2, 0.25) is 0 Å². The summed E-state index contributed by atoms with van der Waals surface area (Å²) < 4.78 is 17.7. The second-order valence-corrected chi connectivity index (χ2v) is 10.5. The van der Waals surface area contributed by atoms with Crippen LogP contribution in [0.5, 0.6) is 0 Å². The summed E-state index contributed by atoms with van der Waals surface area (Å²) in [4.78, 5) is 25.2. The number of esters is 2. The Morgan fingerprint density at radius 3 is 2.51 bits per heavy atom. The Balaban J connectivity index is 1.76. The van der Waals surface area contributed by atoms with Gasteiger partial charge in [-0.05, 0) is 73.4 Å². The highest BCUT2D eigenvalue weighted by Crippen LogP contribution is 2.35. The number of benzene rings is 3. The minimum Gasteiger partial charge on any atom is -0.465 e. The van der Waals surface area contributed by atoms with Gasteiger partial charge in [0, 0.05) is 5.92 Å². The average molecular weight is 534 g/mol. The number of methoxy groups -OCH3 is 1. The normalized spacial score (nSPS) is 12.6. The molecule has 0 aliphatic rings. The molecule has 9 nitrogen and oxygen atoms in total. The Bertz CT molecular complexity index is 1490. The molecule has 0 aliphatic carbocycles. The van der Waals surface area contributed by atoms with E-state index in [9.17, 15) is 9.59 Å². The molecule has 1 unspecified atom stereocenters. The number of aryl methyl sites for hydroxylation is 1. The van der Waals surface area contributed by atoms with Crippen LogP contribution >= 0.6 is 0 Å². The number of aromatic nitrogens is 3. The number of hydrogen-bond acceptors (Lipinski definition) is 8. The number of nitrogens with zero attached hydrogens (tertiary/aromatic N) is 3. The molecule has 4 rings (SSSR count). The molecule has 0 amide bonds. The predicted octanol–water partition coefficient (Wildman–Crippen LogP) is 4.55. The third kappa shape index (κ3) is 6.61. The van der Waals surface area contributed by atoms with Crippen LogP contribution in [0.4, 0.5) is 0 Å². The van der Waals surface area contributed by atoms with Gasteiger partial charge in [0.15, 0.2) is 0 Å². The van der Waals surface area contributed by atoms with Gasteiger partial charge in [0.2, 0.25) is 0 Å². The van der Waals surface area contributed by atoms with Crippen molar-refractivity contribution in [2.45, 2.75) is 52.2 Å². The van der Waals surface area contributed by atoms with Gasteiger partial charge in [-0.3, -0.25) is 4.79 Å². The monoisotopic (exact) mass is 533 g/mol. The van der Waals surface area contributed by atoms with Crippen molar-refractivity contribution in [3.63, 3.8) is 0 Å². The summed E-state index contributed by atoms with van der Waals surface area (Å²) in [6.45, 7) is 8.69. The number of rotatable bonds is 10. The van der Waals surface area contributed by atoms with E-state index in [4.69, 9.17) is 19.3 Å². The molecule has 1 N–H and O–H groups in total. The average Bonchev–Trinajstić information content (AvgIpc) is 3.32. The lowest BCUT2D eigenvalue weighted by atomic mass is 9.84. The number of carbonyl (C=O) groups excluding carboxylic acids is 2. The van der Waals surface area contributed by atoms with E-state index in [0.29, 0.717) is 18.7 Å². The van der Waals surface area contributed by atoms with Gasteiger partial charge in [-0.25, -0.2) is 9.48 Å². The van der Waals surface area contributed by atoms with Crippen LogP contribution in [-0.2, 0) is 25.5 Å². The van der Waals surface area contributed by atoms with Gasteiger partial charge < -0.3 is 19.3 Å². The zero-order valence-electron chi connectivity index (χ0n) is 23.1. The molecule has 1 heterocycles. The van der Waals surface area contributed by atoms with Gasteiger partial charge in [-0.2, -0.15) is 0 Å². The maximum Gasteiger partial charge on any atom is 0.337 e. The molecule has 206 valence electrons. The fraction of sp³-hybridized carbons (Fsp3) is 0.400. The van der Waals surface area contributed by atoms with Gasteiger partial charge in [-0.15, -0.1) is 5.10 Å². The lowest BCUT2D eigenvalue weighted by Crippen LogP contribution is -2.25. The Kier molecular flexibility index (Phi) is 8.62. The third-order valence-corrected chi connectivity index (χ3v) is 6.52. The molecule has 1 aromatic heterocycles. The smallest absolute Gasteiger partial charge is 0.337 e. The van der Waals surface area contributed by atoms with Gasteiger partial charge in [0.25, 0.3) is 0 Å². The number of ether oxygens (including phenoxy) is 3. The molecule has 0 radical (unpaired) electrons. The van der Waals surface area contributed by atoms with Crippen molar-refractivity contribution in [1.82, 2.24) is 15.0 Å². The molecule has 0 saturated carbocycles. The Morgan fingerprint density at radius 2 is 1.79 bits per heavy atom. The van der Waals surface area contributed by atoms with Gasteiger partial charge in [0.1, 0.15) is 11.1 Å². The van der Waals surface area contributed by atoms with Crippen LogP contribution in [0.25, 0.3) is 21.8 Å². The SMILES string of the molecule is COC(=O)c1ccc2ccc(C(CC(=O)OC(C)(C)C)c3ccc4c(nnn4CCOCCO)c3C)cc2c1. The standard InChI is InChI=1S/C30H35N3O6/c1-19-24(10-11-26-28(19)31-32-33(26)12-14-38-15-13-34)25(18-27(35)39-30(2,3)4)21-8-6-20-7-9-22(29(36)37-5)17-23(20)16-21/h6-11,16-17,25,34H,12-15,18H2,1-5H3. The molecule has 39 heavy (non-hydrogen) atoms. The first-order valence-corrected chi connectivity index (χ1v) is 13.0. The van der Waals surface area contributed by atoms with Crippen molar-refractivity contribution in [2.75, 3.05) is 26.9 Å². The minimum atomic E-state index is -0.611. The fourth-order valence-corrected chi connectivity index (χ4v) is 4.73. The van der Waals surface area contributed by atoms with E-state index >= 15 is 0 Å².